The smallest absolute Gasteiger partial charge is 0.159 e. The average molecular weight is 1390 g/mol. The molecule has 103 heavy (non-hydrogen) atoms. The van der Waals surface area contributed by atoms with Gasteiger partial charge in [0.25, 0.3) is 0 Å². The SMILES string of the molecule is CC.CC.CC.CC.CC.CC(=O)c1ccccc1.CC(=O)c1ccccc1.COc1ccccc1.COc1ccccc1.COc1ccccc1.COc1ccccc1.COc1ccccc1.COc1ccccc1.Cc1ccccc1.c1ccc2ccccc2c1.c1ccc2ccccc2c1. The first-order valence-electron chi connectivity index (χ1n) is 35.1. The number of rotatable bonds is 8. The van der Waals surface area contributed by atoms with Crippen LogP contribution in [0, 0.1) is 6.92 Å². The van der Waals surface area contributed by atoms with Crippen LogP contribution >= 0.6 is 0 Å². The molecule has 0 saturated heterocycles. The number of methoxy groups -OCH3 is 6. The van der Waals surface area contributed by atoms with Crippen LogP contribution in [-0.2, 0) is 0 Å². The van der Waals surface area contributed by atoms with Gasteiger partial charge >= 0.3 is 0 Å². The van der Waals surface area contributed by atoms with E-state index in [1.807, 2.05) is 330 Å². The number of ketones is 2. The fourth-order valence-electron chi connectivity index (χ4n) is 7.49. The highest BCUT2D eigenvalue weighted by molar-refractivity contribution is 5.94. The van der Waals surface area contributed by atoms with E-state index in [2.05, 4.69) is 116 Å². The van der Waals surface area contributed by atoms with Crippen molar-refractivity contribution in [3.63, 3.8) is 0 Å². The van der Waals surface area contributed by atoms with Crippen LogP contribution in [0.2, 0.25) is 0 Å². The Kier molecular flexibility index (Phi) is 66.7. The highest BCUT2D eigenvalue weighted by atomic mass is 16.5. The molecule has 8 nitrogen and oxygen atoms in total. The molecule has 0 unspecified atom stereocenters. The largest absolute Gasteiger partial charge is 0.497 e. The molecule has 8 heteroatoms. The summed E-state index contributed by atoms with van der Waals surface area (Å²) in [4.78, 5) is 21.3. The quantitative estimate of drug-likeness (QED) is 0.139. The van der Waals surface area contributed by atoms with Gasteiger partial charge in [0, 0.05) is 11.1 Å². The van der Waals surface area contributed by atoms with Crippen molar-refractivity contribution in [1.82, 2.24) is 0 Å². The minimum atomic E-state index is 0.121. The van der Waals surface area contributed by atoms with Crippen LogP contribution in [0.15, 0.2) is 370 Å². The average Bonchev–Trinajstić information content (AvgIpc) is 0.913. The lowest BCUT2D eigenvalue weighted by Crippen LogP contribution is -1.88. The summed E-state index contributed by atoms with van der Waals surface area (Å²) in [6, 6.07) is 120. The normalized spacial score (nSPS) is 8.42. The fourth-order valence-corrected chi connectivity index (χ4v) is 7.49. The predicted octanol–water partition coefficient (Wildman–Crippen LogP) is 26.8. The number of carbonyl (C=O) groups is 2. The minimum absolute atomic E-state index is 0.121. The van der Waals surface area contributed by atoms with Gasteiger partial charge in [0.05, 0.1) is 42.7 Å². The molecule has 0 radical (unpaired) electrons. The summed E-state index contributed by atoms with van der Waals surface area (Å²) >= 11 is 0. The molecule has 0 N–H and O–H groups in total. The highest BCUT2D eigenvalue weighted by Gasteiger charge is 1.94. The van der Waals surface area contributed by atoms with Crippen molar-refractivity contribution in [2.45, 2.75) is 90.0 Å². The number of hydrogen-bond donors (Lipinski definition) is 0. The maximum Gasteiger partial charge on any atom is 0.159 e. The molecule has 0 aliphatic carbocycles. The lowest BCUT2D eigenvalue weighted by molar-refractivity contribution is 0.100. The van der Waals surface area contributed by atoms with Gasteiger partial charge in [-0.05, 0) is 115 Å². The van der Waals surface area contributed by atoms with E-state index in [1.165, 1.54) is 27.1 Å². The summed E-state index contributed by atoms with van der Waals surface area (Å²) in [6.45, 7) is 25.2. The van der Waals surface area contributed by atoms with E-state index < -0.39 is 0 Å². The molecule has 13 rings (SSSR count). The molecule has 546 valence electrons. The van der Waals surface area contributed by atoms with Crippen molar-refractivity contribution in [2.24, 2.45) is 0 Å². The Balaban J connectivity index is -0.00000106. The molecule has 13 aromatic carbocycles. The number of carbonyl (C=O) groups excluding carboxylic acids is 2. The van der Waals surface area contributed by atoms with Crippen molar-refractivity contribution in [1.29, 1.82) is 0 Å². The van der Waals surface area contributed by atoms with Gasteiger partial charge in [0.2, 0.25) is 0 Å². The summed E-state index contributed by atoms with van der Waals surface area (Å²) in [5.41, 5.74) is 2.87. The van der Waals surface area contributed by atoms with Crippen LogP contribution in [0.1, 0.15) is 109 Å². The number of benzene rings is 13. The molecule has 0 aliphatic heterocycles. The van der Waals surface area contributed by atoms with Gasteiger partial charge in [-0.25, -0.2) is 0 Å². The molecule has 0 atom stereocenters. The molecule has 0 bridgehead atoms. The predicted molar refractivity (Wildman–Crippen MR) is 447 cm³/mol. The zero-order valence-corrected chi connectivity index (χ0v) is 65.0. The summed E-state index contributed by atoms with van der Waals surface area (Å²) in [5, 5.41) is 5.24. The van der Waals surface area contributed by atoms with Crippen LogP contribution in [0.4, 0.5) is 0 Å². The van der Waals surface area contributed by atoms with E-state index in [1.54, 1.807) is 56.5 Å². The van der Waals surface area contributed by atoms with Gasteiger partial charge in [-0.15, -0.1) is 0 Å². The minimum Gasteiger partial charge on any atom is -0.497 e. The molecule has 0 saturated carbocycles. The standard InChI is InChI=1S/2C10H8.2C8H8O.6C7H8O.C7H8.5C2H6/c2*1-2-6-10-8-4-3-7-9(10)5-1;2*1-7(9)8-5-3-2-4-6-8;6*1-8-7-5-3-2-4-6-7;1-7-5-3-2-4-6-7;5*1-2/h2*1-8H;2*2-6H,1H3;6*2-6H,1H3;2-6H,1H3;5*1-2H3. The van der Waals surface area contributed by atoms with Crippen LogP contribution in [0.5, 0.6) is 34.5 Å². The number of hydrogen-bond acceptors (Lipinski definition) is 8. The first-order chi connectivity index (χ1) is 50.5. The number of para-hydroxylation sites is 6. The lowest BCUT2D eigenvalue weighted by atomic mass is 10.1. The first kappa shape index (κ1) is 95.7. The van der Waals surface area contributed by atoms with Crippen molar-refractivity contribution in [3.05, 3.63) is 387 Å². The van der Waals surface area contributed by atoms with Crippen LogP contribution < -0.4 is 28.4 Å². The van der Waals surface area contributed by atoms with Crippen LogP contribution in [-0.4, -0.2) is 54.2 Å². The van der Waals surface area contributed by atoms with Gasteiger partial charge in [-0.1, -0.05) is 372 Å². The lowest BCUT2D eigenvalue weighted by Gasteiger charge is -1.93. The summed E-state index contributed by atoms with van der Waals surface area (Å²) in [5.74, 6) is 5.70. The topological polar surface area (TPSA) is 89.5 Å². The van der Waals surface area contributed by atoms with E-state index in [0.29, 0.717) is 0 Å². The monoisotopic (exact) mass is 1390 g/mol. The van der Waals surface area contributed by atoms with E-state index in [4.69, 9.17) is 28.4 Å². The Labute approximate surface area is 621 Å². The second-order valence-corrected chi connectivity index (χ2v) is 19.3. The van der Waals surface area contributed by atoms with Gasteiger partial charge in [0.1, 0.15) is 34.5 Å². The number of fused-ring (bicyclic) bond motifs is 2. The maximum absolute atomic E-state index is 10.6. The van der Waals surface area contributed by atoms with E-state index in [0.717, 1.165) is 45.6 Å². The third kappa shape index (κ3) is 52.2. The van der Waals surface area contributed by atoms with Crippen molar-refractivity contribution in [3.8, 4) is 34.5 Å². The van der Waals surface area contributed by atoms with Crippen LogP contribution in [0.3, 0.4) is 0 Å². The Morgan fingerprint density at radius 2 is 0.301 bits per heavy atom. The molecule has 0 fully saturated rings. The highest BCUT2D eigenvalue weighted by Crippen LogP contribution is 2.14. The molecule has 0 aliphatic rings. The molecule has 0 spiro atoms. The molecule has 0 aromatic heterocycles. The van der Waals surface area contributed by atoms with Crippen molar-refractivity contribution in [2.75, 3.05) is 42.7 Å². The first-order valence-corrected chi connectivity index (χ1v) is 35.1. The number of Topliss-reactive ketones (excluding diaryl/α,β-unsaturated/α-hetero) is 2. The number of ether oxygens (including phenoxy) is 6. The molecule has 13 aromatic rings. The third-order valence-corrected chi connectivity index (χ3v) is 12.5. The summed E-state index contributed by atoms with van der Waals surface area (Å²) in [7, 11) is 9.97. The Bertz CT molecular complexity index is 3290. The second-order valence-electron chi connectivity index (χ2n) is 19.3. The molecule has 0 amide bonds. The van der Waals surface area contributed by atoms with Crippen LogP contribution in [0.25, 0.3) is 21.5 Å². The zero-order chi connectivity index (χ0) is 77.0. The number of aryl methyl sites for hydroxylation is 1. The second kappa shape index (κ2) is 71.8. The Morgan fingerprint density at radius 1 is 0.184 bits per heavy atom. The van der Waals surface area contributed by atoms with Crippen molar-refractivity contribution >= 4 is 33.1 Å². The molecular formula is C95H118O8. The van der Waals surface area contributed by atoms with Gasteiger partial charge in [-0.2, -0.15) is 0 Å². The Morgan fingerprint density at radius 3 is 0.388 bits per heavy atom. The third-order valence-electron chi connectivity index (χ3n) is 12.5. The summed E-state index contributed by atoms with van der Waals surface area (Å²) in [6.07, 6.45) is 0. The van der Waals surface area contributed by atoms with E-state index in [9.17, 15) is 9.59 Å². The van der Waals surface area contributed by atoms with Gasteiger partial charge in [0.15, 0.2) is 11.6 Å². The Hall–Kier alpha value is -11.5. The maximum atomic E-state index is 10.6. The van der Waals surface area contributed by atoms with Gasteiger partial charge < -0.3 is 28.4 Å². The van der Waals surface area contributed by atoms with E-state index >= 15 is 0 Å². The zero-order valence-electron chi connectivity index (χ0n) is 65.0. The van der Waals surface area contributed by atoms with Crippen molar-refractivity contribution < 1.29 is 38.0 Å². The molecule has 0 heterocycles. The fraction of sp³-hybridized carbons (Fsp3) is 0.200. The van der Waals surface area contributed by atoms with E-state index in [-0.39, 0.29) is 11.6 Å². The molecular weight excluding hydrogens is 1270 g/mol. The van der Waals surface area contributed by atoms with Gasteiger partial charge in [-0.3, -0.25) is 9.59 Å². The summed E-state index contributed by atoms with van der Waals surface area (Å²) < 4.78 is 29.5.